The quantitative estimate of drug-likeness (QED) is 0.834. The minimum absolute atomic E-state index is 0.0836. The molecule has 1 fully saturated rings. The first-order valence-electron chi connectivity index (χ1n) is 5.65. The van der Waals surface area contributed by atoms with Gasteiger partial charge in [-0.25, -0.2) is 8.42 Å². The third-order valence-electron chi connectivity index (χ3n) is 2.73. The molecule has 1 N–H and O–H groups in total. The molecule has 1 aromatic heterocycles. The molecule has 18 heavy (non-hydrogen) atoms. The van der Waals surface area contributed by atoms with Gasteiger partial charge in [-0.15, -0.1) is 0 Å². The fraction of sp³-hybridized carbons (Fsp3) is 0.545. The molecule has 6 nitrogen and oxygen atoms in total. The Hall–Kier alpha value is -1.34. The molecule has 1 aromatic rings. The molecular weight excluding hydrogens is 258 g/mol. The van der Waals surface area contributed by atoms with Crippen LogP contribution in [0.4, 0.5) is 0 Å². The van der Waals surface area contributed by atoms with E-state index >= 15 is 0 Å². The van der Waals surface area contributed by atoms with Crippen LogP contribution in [0.1, 0.15) is 24.4 Å². The van der Waals surface area contributed by atoms with Gasteiger partial charge in [-0.05, 0) is 31.9 Å². The maximum absolute atomic E-state index is 11.9. The molecule has 0 radical (unpaired) electrons. The summed E-state index contributed by atoms with van der Waals surface area (Å²) in [6.45, 7) is 1.88. The van der Waals surface area contributed by atoms with Crippen LogP contribution in [-0.2, 0) is 21.4 Å². The number of nitrogens with zero attached hydrogens (tertiary/aromatic N) is 1. The molecule has 1 aliphatic rings. The highest BCUT2D eigenvalue weighted by Gasteiger charge is 2.38. The van der Waals surface area contributed by atoms with E-state index in [9.17, 15) is 13.2 Å². The van der Waals surface area contributed by atoms with Crippen molar-refractivity contribution in [2.75, 3.05) is 5.75 Å². The van der Waals surface area contributed by atoms with Gasteiger partial charge in [-0.3, -0.25) is 4.79 Å². The molecule has 100 valence electrons. The minimum atomic E-state index is -3.77. The lowest BCUT2D eigenvalue weighted by Crippen LogP contribution is -2.36. The molecule has 0 spiro atoms. The van der Waals surface area contributed by atoms with E-state index in [0.29, 0.717) is 11.5 Å². The van der Waals surface area contributed by atoms with Crippen molar-refractivity contribution in [2.24, 2.45) is 0 Å². The Balaban J connectivity index is 2.16. The summed E-state index contributed by atoms with van der Waals surface area (Å²) >= 11 is 0. The summed E-state index contributed by atoms with van der Waals surface area (Å²) in [5.41, 5.74) is 0. The average Bonchev–Trinajstić information content (AvgIpc) is 2.97. The summed E-state index contributed by atoms with van der Waals surface area (Å²) in [5, 5.41) is 8.64. The predicted octanol–water partition coefficient (Wildman–Crippen LogP) is 0.967. The summed E-state index contributed by atoms with van der Waals surface area (Å²) in [7, 11) is -3.77. The standard InChI is InChI=1S/C11H15NO5S/c1-8-2-5-10(17-8)6-12(9-3-4-9)18(15,16)7-11(13)14/h2,5,9H,3-4,6-7H2,1H3,(H,13,14). The molecular formula is C11H15NO5S. The van der Waals surface area contributed by atoms with Crippen LogP contribution in [0.2, 0.25) is 0 Å². The van der Waals surface area contributed by atoms with E-state index in [1.54, 1.807) is 19.1 Å². The van der Waals surface area contributed by atoms with Gasteiger partial charge in [0.2, 0.25) is 10.0 Å². The van der Waals surface area contributed by atoms with E-state index in [0.717, 1.165) is 12.8 Å². The second-order valence-corrected chi connectivity index (χ2v) is 6.36. The van der Waals surface area contributed by atoms with E-state index in [1.807, 2.05) is 0 Å². The molecule has 1 heterocycles. The maximum Gasteiger partial charge on any atom is 0.320 e. The van der Waals surface area contributed by atoms with Crippen LogP contribution in [0.5, 0.6) is 0 Å². The zero-order valence-electron chi connectivity index (χ0n) is 10.00. The highest BCUT2D eigenvalue weighted by atomic mass is 32.2. The highest BCUT2D eigenvalue weighted by molar-refractivity contribution is 7.89. The number of hydrogen-bond acceptors (Lipinski definition) is 4. The second-order valence-electron chi connectivity index (χ2n) is 4.44. The third kappa shape index (κ3) is 3.11. The number of rotatable bonds is 6. The van der Waals surface area contributed by atoms with Gasteiger partial charge in [-0.1, -0.05) is 0 Å². The number of aliphatic carboxylic acids is 1. The van der Waals surface area contributed by atoms with Crippen LogP contribution in [-0.4, -0.2) is 35.6 Å². The number of aryl methyl sites for hydroxylation is 1. The molecule has 1 aliphatic carbocycles. The fourth-order valence-corrected chi connectivity index (χ4v) is 3.25. The molecule has 0 bridgehead atoms. The molecule has 0 atom stereocenters. The molecule has 0 aliphatic heterocycles. The SMILES string of the molecule is Cc1ccc(CN(C2CC2)S(=O)(=O)CC(=O)O)o1. The number of hydrogen-bond donors (Lipinski definition) is 1. The number of carboxylic acid groups (broad SMARTS) is 1. The molecule has 2 rings (SSSR count). The highest BCUT2D eigenvalue weighted by Crippen LogP contribution is 2.31. The summed E-state index contributed by atoms with van der Waals surface area (Å²) in [5.74, 6) is -0.968. The number of furan rings is 1. The average molecular weight is 273 g/mol. The van der Waals surface area contributed by atoms with Crippen LogP contribution in [0, 0.1) is 6.92 Å². The van der Waals surface area contributed by atoms with E-state index < -0.39 is 21.7 Å². The van der Waals surface area contributed by atoms with Crippen molar-refractivity contribution in [1.82, 2.24) is 4.31 Å². The van der Waals surface area contributed by atoms with Crippen molar-refractivity contribution in [2.45, 2.75) is 32.4 Å². The number of carboxylic acids is 1. The van der Waals surface area contributed by atoms with Gasteiger partial charge >= 0.3 is 5.97 Å². The number of sulfonamides is 1. The van der Waals surface area contributed by atoms with Gasteiger partial charge in [0.15, 0.2) is 5.75 Å². The van der Waals surface area contributed by atoms with Gasteiger partial charge in [0.05, 0.1) is 6.54 Å². The maximum atomic E-state index is 11.9. The molecule has 0 saturated heterocycles. The fourth-order valence-electron chi connectivity index (χ4n) is 1.78. The Bertz CT molecular complexity index is 544. The predicted molar refractivity (Wildman–Crippen MR) is 63.4 cm³/mol. The molecule has 0 amide bonds. The topological polar surface area (TPSA) is 87.8 Å². The smallest absolute Gasteiger partial charge is 0.320 e. The van der Waals surface area contributed by atoms with Crippen LogP contribution in [0.15, 0.2) is 16.5 Å². The normalized spacial score (nSPS) is 16.1. The van der Waals surface area contributed by atoms with Crippen LogP contribution in [0.3, 0.4) is 0 Å². The van der Waals surface area contributed by atoms with Crippen LogP contribution >= 0.6 is 0 Å². The summed E-state index contributed by atoms with van der Waals surface area (Å²) in [6.07, 6.45) is 1.55. The summed E-state index contributed by atoms with van der Waals surface area (Å²) in [6, 6.07) is 3.38. The van der Waals surface area contributed by atoms with Crippen molar-refractivity contribution in [3.63, 3.8) is 0 Å². The van der Waals surface area contributed by atoms with Crippen LogP contribution < -0.4 is 0 Å². The summed E-state index contributed by atoms with van der Waals surface area (Å²) in [4.78, 5) is 10.6. The Morgan fingerprint density at radius 1 is 1.50 bits per heavy atom. The molecule has 0 aromatic carbocycles. The van der Waals surface area contributed by atoms with Crippen molar-refractivity contribution in [3.8, 4) is 0 Å². The van der Waals surface area contributed by atoms with Crippen molar-refractivity contribution >= 4 is 16.0 Å². The molecule has 1 saturated carbocycles. The van der Waals surface area contributed by atoms with E-state index in [2.05, 4.69) is 0 Å². The van der Waals surface area contributed by atoms with Gasteiger partial charge in [0.25, 0.3) is 0 Å². The van der Waals surface area contributed by atoms with Crippen molar-refractivity contribution < 1.29 is 22.7 Å². The summed E-state index contributed by atoms with van der Waals surface area (Å²) < 4.78 is 30.4. The van der Waals surface area contributed by atoms with Crippen LogP contribution in [0.25, 0.3) is 0 Å². The Morgan fingerprint density at radius 2 is 2.17 bits per heavy atom. The first-order chi connectivity index (χ1) is 8.38. The third-order valence-corrected chi connectivity index (χ3v) is 4.48. The van der Waals surface area contributed by atoms with Gasteiger partial charge in [-0.2, -0.15) is 4.31 Å². The monoisotopic (exact) mass is 273 g/mol. The van der Waals surface area contributed by atoms with E-state index in [1.165, 1.54) is 4.31 Å². The van der Waals surface area contributed by atoms with Gasteiger partial charge in [0.1, 0.15) is 11.5 Å². The second kappa shape index (κ2) is 4.74. The Morgan fingerprint density at radius 3 is 2.61 bits per heavy atom. The molecule has 0 unspecified atom stereocenters. The first kappa shape index (κ1) is 13.1. The Labute approximate surface area is 105 Å². The van der Waals surface area contributed by atoms with Gasteiger partial charge in [0, 0.05) is 6.04 Å². The lowest BCUT2D eigenvalue weighted by Gasteiger charge is -2.19. The molecule has 7 heteroatoms. The van der Waals surface area contributed by atoms with Gasteiger partial charge < -0.3 is 9.52 Å². The van der Waals surface area contributed by atoms with Crippen molar-refractivity contribution in [3.05, 3.63) is 23.7 Å². The zero-order valence-corrected chi connectivity index (χ0v) is 10.8. The first-order valence-corrected chi connectivity index (χ1v) is 7.26. The lowest BCUT2D eigenvalue weighted by atomic mass is 10.4. The number of carbonyl (C=O) groups is 1. The van der Waals surface area contributed by atoms with Crippen molar-refractivity contribution in [1.29, 1.82) is 0 Å². The zero-order chi connectivity index (χ0) is 13.3. The Kier molecular flexibility index (Phi) is 3.45. The lowest BCUT2D eigenvalue weighted by molar-refractivity contribution is -0.134. The van der Waals surface area contributed by atoms with E-state index in [4.69, 9.17) is 9.52 Å². The largest absolute Gasteiger partial charge is 0.480 e. The van der Waals surface area contributed by atoms with E-state index in [-0.39, 0.29) is 12.6 Å². The minimum Gasteiger partial charge on any atom is -0.480 e.